The fourth-order valence-corrected chi connectivity index (χ4v) is 3.27. The lowest BCUT2D eigenvalue weighted by Gasteiger charge is -2.35. The molecule has 2 fully saturated rings. The molecule has 2 aliphatic heterocycles. The summed E-state index contributed by atoms with van der Waals surface area (Å²) < 4.78 is 10.4. The predicted molar refractivity (Wildman–Crippen MR) is 66.2 cm³/mol. The summed E-state index contributed by atoms with van der Waals surface area (Å²) in [5.41, 5.74) is 0. The van der Waals surface area contributed by atoms with E-state index in [9.17, 15) is 9.90 Å². The van der Waals surface area contributed by atoms with Crippen molar-refractivity contribution < 1.29 is 19.4 Å². The van der Waals surface area contributed by atoms with Crippen LogP contribution in [-0.2, 0) is 14.3 Å². The van der Waals surface area contributed by atoms with Crippen LogP contribution in [0.4, 0.5) is 0 Å². The van der Waals surface area contributed by atoms with Crippen molar-refractivity contribution in [1.29, 1.82) is 0 Å². The number of aliphatic hydroxyl groups is 1. The van der Waals surface area contributed by atoms with Crippen LogP contribution >= 0.6 is 0 Å². The first-order valence-electron chi connectivity index (χ1n) is 6.82. The van der Waals surface area contributed by atoms with Crippen LogP contribution in [0.2, 0.25) is 0 Å². The van der Waals surface area contributed by atoms with Gasteiger partial charge in [0, 0.05) is 19.2 Å². The van der Waals surface area contributed by atoms with Gasteiger partial charge in [0.15, 0.2) is 6.10 Å². The molecule has 0 bridgehead atoms. The van der Waals surface area contributed by atoms with Gasteiger partial charge in [0.1, 0.15) is 0 Å². The Hall–Kier alpha value is -0.650. The van der Waals surface area contributed by atoms with Crippen molar-refractivity contribution in [3.8, 4) is 0 Å². The van der Waals surface area contributed by atoms with E-state index < -0.39 is 12.1 Å². The van der Waals surface area contributed by atoms with E-state index in [1.165, 1.54) is 6.42 Å². The number of piperidine rings is 1. The molecule has 0 saturated carbocycles. The van der Waals surface area contributed by atoms with E-state index in [2.05, 4.69) is 4.90 Å². The molecule has 0 amide bonds. The monoisotopic (exact) mass is 257 g/mol. The van der Waals surface area contributed by atoms with Crippen molar-refractivity contribution in [3.05, 3.63) is 0 Å². The normalized spacial score (nSPS) is 34.1. The van der Waals surface area contributed by atoms with Crippen molar-refractivity contribution in [2.24, 2.45) is 0 Å². The highest BCUT2D eigenvalue weighted by molar-refractivity contribution is 5.75. The first-order chi connectivity index (χ1) is 8.69. The van der Waals surface area contributed by atoms with Gasteiger partial charge in [0.2, 0.25) is 0 Å². The Kier molecular flexibility index (Phi) is 4.59. The summed E-state index contributed by atoms with van der Waals surface area (Å²) in [7, 11) is 1.70. The van der Waals surface area contributed by atoms with Crippen molar-refractivity contribution in [2.75, 3.05) is 20.3 Å². The Labute approximate surface area is 108 Å². The van der Waals surface area contributed by atoms with Gasteiger partial charge in [-0.2, -0.15) is 0 Å². The highest BCUT2D eigenvalue weighted by atomic mass is 16.5. The number of nitrogens with zero attached hydrogens (tertiary/aromatic N) is 1. The maximum absolute atomic E-state index is 11.7. The van der Waals surface area contributed by atoms with E-state index in [4.69, 9.17) is 9.47 Å². The van der Waals surface area contributed by atoms with Gasteiger partial charge in [0.25, 0.3) is 0 Å². The highest BCUT2D eigenvalue weighted by Gasteiger charge is 2.47. The van der Waals surface area contributed by atoms with Crippen LogP contribution < -0.4 is 0 Å². The minimum Gasteiger partial charge on any atom is -0.464 e. The zero-order valence-corrected chi connectivity index (χ0v) is 11.2. The molecular weight excluding hydrogens is 234 g/mol. The lowest BCUT2D eigenvalue weighted by molar-refractivity contribution is -0.156. The predicted octanol–water partition coefficient (Wildman–Crippen LogP) is 0.552. The summed E-state index contributed by atoms with van der Waals surface area (Å²) in [6.07, 6.45) is 3.19. The number of carbonyl (C=O) groups excluding carboxylic acids is 1. The summed E-state index contributed by atoms with van der Waals surface area (Å²) in [5.74, 6) is -0.511. The molecule has 104 valence electrons. The molecule has 0 aromatic rings. The van der Waals surface area contributed by atoms with E-state index in [1.54, 1.807) is 14.0 Å². The molecular formula is C13H23NO4. The first-order valence-corrected chi connectivity index (χ1v) is 6.82. The lowest BCUT2D eigenvalue weighted by atomic mass is 10.0. The molecule has 5 nitrogen and oxygen atoms in total. The van der Waals surface area contributed by atoms with Crippen molar-refractivity contribution in [3.63, 3.8) is 0 Å². The molecule has 0 aromatic carbocycles. The van der Waals surface area contributed by atoms with Gasteiger partial charge in [0.05, 0.1) is 12.7 Å². The number of methoxy groups -OCH3 is 1. The summed E-state index contributed by atoms with van der Waals surface area (Å²) in [6.45, 7) is 2.99. The van der Waals surface area contributed by atoms with Gasteiger partial charge in [-0.1, -0.05) is 6.42 Å². The van der Waals surface area contributed by atoms with Gasteiger partial charge in [-0.25, -0.2) is 4.79 Å². The van der Waals surface area contributed by atoms with Crippen LogP contribution in [0.3, 0.4) is 0 Å². The van der Waals surface area contributed by atoms with Crippen molar-refractivity contribution >= 4 is 5.97 Å². The lowest BCUT2D eigenvalue weighted by Crippen LogP contribution is -2.49. The largest absolute Gasteiger partial charge is 0.464 e. The third-order valence-electron chi connectivity index (χ3n) is 4.12. The molecule has 4 atom stereocenters. The van der Waals surface area contributed by atoms with Crippen LogP contribution in [0.5, 0.6) is 0 Å². The van der Waals surface area contributed by atoms with E-state index in [1.807, 2.05) is 0 Å². The summed E-state index contributed by atoms with van der Waals surface area (Å²) in [5, 5.41) is 10.1. The van der Waals surface area contributed by atoms with Crippen molar-refractivity contribution in [1.82, 2.24) is 4.90 Å². The van der Waals surface area contributed by atoms with Gasteiger partial charge >= 0.3 is 5.97 Å². The van der Waals surface area contributed by atoms with E-state index in [0.29, 0.717) is 19.1 Å². The van der Waals surface area contributed by atoms with Crippen LogP contribution in [0, 0.1) is 0 Å². The molecule has 0 spiro atoms. The number of hydrogen-bond acceptors (Lipinski definition) is 5. The third-order valence-corrected chi connectivity index (χ3v) is 4.12. The molecule has 2 saturated heterocycles. The van der Waals surface area contributed by atoms with E-state index in [-0.39, 0.29) is 12.1 Å². The average molecular weight is 257 g/mol. The maximum atomic E-state index is 11.7. The Morgan fingerprint density at radius 3 is 2.94 bits per heavy atom. The second-order valence-electron chi connectivity index (χ2n) is 5.08. The van der Waals surface area contributed by atoms with Crippen molar-refractivity contribution in [2.45, 2.75) is 56.9 Å². The Bertz CT molecular complexity index is 297. The van der Waals surface area contributed by atoms with E-state index in [0.717, 1.165) is 19.4 Å². The number of fused-ring (bicyclic) bond motifs is 1. The second-order valence-corrected chi connectivity index (χ2v) is 5.08. The molecule has 5 heteroatoms. The third kappa shape index (κ3) is 2.53. The standard InChI is InChI=1S/C13H23NO4/c1-3-18-13(16)12(15)10-8-11(17-2)9-6-4-5-7-14(9)10/h9-12,15H,3-8H2,1-2H3/t9-,10-,11-,12-/m1/s1. The minimum absolute atomic E-state index is 0.124. The van der Waals surface area contributed by atoms with Crippen LogP contribution in [0.15, 0.2) is 0 Å². The Balaban J connectivity index is 2.05. The first kappa shape index (κ1) is 13.8. The van der Waals surface area contributed by atoms with Crippen LogP contribution in [0.1, 0.15) is 32.6 Å². The molecule has 2 aliphatic rings. The summed E-state index contributed by atoms with van der Waals surface area (Å²) >= 11 is 0. The van der Waals surface area contributed by atoms with E-state index >= 15 is 0 Å². The minimum atomic E-state index is -1.05. The SMILES string of the molecule is CCOC(=O)[C@H](O)[C@H]1C[C@@H](OC)[C@H]2CCCCN21. The Morgan fingerprint density at radius 2 is 2.28 bits per heavy atom. The molecule has 2 heterocycles. The smallest absolute Gasteiger partial charge is 0.336 e. The number of ether oxygens (including phenoxy) is 2. The molecule has 1 N–H and O–H groups in total. The van der Waals surface area contributed by atoms with Gasteiger partial charge in [-0.05, 0) is 32.7 Å². The number of carbonyl (C=O) groups is 1. The van der Waals surface area contributed by atoms with Gasteiger partial charge in [-0.15, -0.1) is 0 Å². The van der Waals surface area contributed by atoms with Crippen LogP contribution in [0.25, 0.3) is 0 Å². The molecule has 0 unspecified atom stereocenters. The van der Waals surface area contributed by atoms with Crippen LogP contribution in [-0.4, -0.2) is 60.5 Å². The fraction of sp³-hybridized carbons (Fsp3) is 0.923. The zero-order chi connectivity index (χ0) is 13.1. The summed E-state index contributed by atoms with van der Waals surface area (Å²) in [4.78, 5) is 13.9. The number of hydrogen-bond donors (Lipinski definition) is 1. The maximum Gasteiger partial charge on any atom is 0.336 e. The quantitative estimate of drug-likeness (QED) is 0.745. The average Bonchev–Trinajstić information content (AvgIpc) is 2.77. The zero-order valence-electron chi connectivity index (χ0n) is 11.2. The number of rotatable bonds is 4. The van der Waals surface area contributed by atoms with Gasteiger partial charge < -0.3 is 14.6 Å². The fourth-order valence-electron chi connectivity index (χ4n) is 3.27. The Morgan fingerprint density at radius 1 is 1.50 bits per heavy atom. The molecule has 0 aliphatic carbocycles. The molecule has 0 aromatic heterocycles. The molecule has 18 heavy (non-hydrogen) atoms. The summed E-state index contributed by atoms with van der Waals surface area (Å²) in [6, 6.07) is 0.192. The highest BCUT2D eigenvalue weighted by Crippen LogP contribution is 2.35. The van der Waals surface area contributed by atoms with Gasteiger partial charge in [-0.3, -0.25) is 4.90 Å². The topological polar surface area (TPSA) is 59.0 Å². The molecule has 0 radical (unpaired) electrons. The number of esters is 1. The number of aliphatic hydroxyl groups excluding tert-OH is 1. The molecule has 2 rings (SSSR count). The second kappa shape index (κ2) is 5.99.